The van der Waals surface area contributed by atoms with Gasteiger partial charge in [0.05, 0.1) is 5.54 Å². The van der Waals surface area contributed by atoms with Gasteiger partial charge in [0.15, 0.2) is 0 Å². The standard InChI is InChI=1S/C7H12N2O2.C6H10O4/c10-6(11)9-4-3-8-5-7(9)1-2-7;1-6(2,3)10-5(9)4(7)8/h8H,1-5H2,(H,10,11);1-3H3,(H,7,8). The van der Waals surface area contributed by atoms with Gasteiger partial charge in [-0.3, -0.25) is 0 Å². The number of ether oxygens (including phenoxy) is 1. The topological polar surface area (TPSA) is 116 Å². The molecule has 2 aliphatic rings. The summed E-state index contributed by atoms with van der Waals surface area (Å²) >= 11 is 0. The number of aliphatic carboxylic acids is 1. The number of rotatable bonds is 0. The Labute approximate surface area is 123 Å². The molecule has 21 heavy (non-hydrogen) atoms. The minimum Gasteiger partial charge on any atom is -0.473 e. The molecule has 3 N–H and O–H groups in total. The molecule has 1 heterocycles. The van der Waals surface area contributed by atoms with E-state index in [-0.39, 0.29) is 5.54 Å². The summed E-state index contributed by atoms with van der Waals surface area (Å²) in [4.78, 5) is 32.5. The third-order valence-electron chi connectivity index (χ3n) is 3.17. The van der Waals surface area contributed by atoms with Crippen molar-refractivity contribution in [2.45, 2.75) is 44.8 Å². The molecule has 0 unspecified atom stereocenters. The van der Waals surface area contributed by atoms with Crippen LogP contribution >= 0.6 is 0 Å². The van der Waals surface area contributed by atoms with Crippen molar-refractivity contribution in [3.8, 4) is 0 Å². The number of hydrogen-bond acceptors (Lipinski definition) is 5. The van der Waals surface area contributed by atoms with Crippen LogP contribution in [0.15, 0.2) is 0 Å². The summed E-state index contributed by atoms with van der Waals surface area (Å²) in [6.45, 7) is 7.11. The molecule has 8 heteroatoms. The molecule has 0 bridgehead atoms. The van der Waals surface area contributed by atoms with E-state index in [9.17, 15) is 14.4 Å². The van der Waals surface area contributed by atoms with Crippen molar-refractivity contribution >= 4 is 18.0 Å². The van der Waals surface area contributed by atoms with Gasteiger partial charge in [0.25, 0.3) is 0 Å². The first-order chi connectivity index (χ1) is 9.57. The lowest BCUT2D eigenvalue weighted by Crippen LogP contribution is -2.55. The van der Waals surface area contributed by atoms with E-state index in [2.05, 4.69) is 10.1 Å². The highest BCUT2D eigenvalue weighted by Crippen LogP contribution is 2.42. The molecule has 1 saturated carbocycles. The fourth-order valence-electron chi connectivity index (χ4n) is 2.06. The van der Waals surface area contributed by atoms with Gasteiger partial charge in [-0.05, 0) is 33.6 Å². The Kier molecular flexibility index (Phi) is 5.16. The van der Waals surface area contributed by atoms with Gasteiger partial charge in [-0.25, -0.2) is 14.4 Å². The molecule has 0 radical (unpaired) electrons. The summed E-state index contributed by atoms with van der Waals surface area (Å²) in [5.41, 5.74) is -0.737. The molecule has 1 saturated heterocycles. The van der Waals surface area contributed by atoms with Crippen molar-refractivity contribution in [3.05, 3.63) is 0 Å². The van der Waals surface area contributed by atoms with Gasteiger partial charge >= 0.3 is 18.0 Å². The maximum atomic E-state index is 10.7. The summed E-state index contributed by atoms with van der Waals surface area (Å²) in [5.74, 6) is -2.78. The molecule has 2 rings (SSSR count). The van der Waals surface area contributed by atoms with E-state index in [0.717, 1.165) is 25.9 Å². The zero-order valence-electron chi connectivity index (χ0n) is 12.5. The fourth-order valence-corrected chi connectivity index (χ4v) is 2.06. The maximum absolute atomic E-state index is 10.7. The summed E-state index contributed by atoms with van der Waals surface area (Å²) in [6.07, 6.45) is 1.31. The number of nitrogens with zero attached hydrogens (tertiary/aromatic N) is 1. The minimum absolute atomic E-state index is 0.00984. The summed E-state index contributed by atoms with van der Waals surface area (Å²) in [5, 5.41) is 20.1. The third-order valence-corrected chi connectivity index (χ3v) is 3.17. The van der Waals surface area contributed by atoms with E-state index in [1.807, 2.05) is 0 Å². The normalized spacial score (nSPS) is 19.3. The zero-order valence-corrected chi connectivity index (χ0v) is 12.5. The van der Waals surface area contributed by atoms with Crippen molar-refractivity contribution in [2.75, 3.05) is 19.6 Å². The lowest BCUT2D eigenvalue weighted by atomic mass is 10.2. The Balaban J connectivity index is 0.000000212. The monoisotopic (exact) mass is 302 g/mol. The molecule has 1 aliphatic heterocycles. The second-order valence-electron chi connectivity index (χ2n) is 6.14. The average Bonchev–Trinajstić information content (AvgIpc) is 3.08. The Morgan fingerprint density at radius 2 is 1.76 bits per heavy atom. The largest absolute Gasteiger partial charge is 0.473 e. The van der Waals surface area contributed by atoms with E-state index >= 15 is 0 Å². The molecule has 1 amide bonds. The highest BCUT2D eigenvalue weighted by molar-refractivity contribution is 6.28. The van der Waals surface area contributed by atoms with E-state index in [0.29, 0.717) is 6.54 Å². The van der Waals surface area contributed by atoms with Gasteiger partial charge in [0.2, 0.25) is 0 Å². The zero-order chi connectivity index (χ0) is 16.3. The molecule has 0 aromatic carbocycles. The van der Waals surface area contributed by atoms with E-state index in [4.69, 9.17) is 10.2 Å². The molecule has 0 atom stereocenters. The van der Waals surface area contributed by atoms with Crippen LogP contribution < -0.4 is 5.32 Å². The van der Waals surface area contributed by atoms with Crippen LogP contribution in [0, 0.1) is 0 Å². The summed E-state index contributed by atoms with van der Waals surface area (Å²) < 4.78 is 4.46. The second-order valence-corrected chi connectivity index (χ2v) is 6.14. The van der Waals surface area contributed by atoms with Crippen LogP contribution in [0.4, 0.5) is 4.79 Å². The SMILES string of the molecule is CC(C)(C)OC(=O)C(=O)O.O=C(O)N1CCNCC12CC2. The Morgan fingerprint density at radius 1 is 1.19 bits per heavy atom. The lowest BCUT2D eigenvalue weighted by Gasteiger charge is -2.34. The molecule has 120 valence electrons. The number of carboxylic acids is 1. The van der Waals surface area contributed by atoms with Gasteiger partial charge in [0.1, 0.15) is 5.60 Å². The summed E-state index contributed by atoms with van der Waals surface area (Å²) in [7, 11) is 0. The molecule has 0 aromatic rings. The van der Waals surface area contributed by atoms with E-state index in [1.54, 1.807) is 25.7 Å². The van der Waals surface area contributed by atoms with Gasteiger partial charge in [0, 0.05) is 19.6 Å². The first kappa shape index (κ1) is 17.2. The Morgan fingerprint density at radius 3 is 2.05 bits per heavy atom. The van der Waals surface area contributed by atoms with Crippen molar-refractivity contribution in [1.29, 1.82) is 0 Å². The van der Waals surface area contributed by atoms with Crippen LogP contribution in [-0.2, 0) is 14.3 Å². The van der Waals surface area contributed by atoms with Crippen LogP contribution in [0.3, 0.4) is 0 Å². The van der Waals surface area contributed by atoms with E-state index in [1.165, 1.54) is 0 Å². The molecular formula is C13H22N2O6. The van der Waals surface area contributed by atoms with Crippen LogP contribution in [0.5, 0.6) is 0 Å². The number of carbonyl (C=O) groups excluding carboxylic acids is 1. The first-order valence-electron chi connectivity index (χ1n) is 6.75. The van der Waals surface area contributed by atoms with Gasteiger partial charge in [-0.1, -0.05) is 0 Å². The van der Waals surface area contributed by atoms with Crippen LogP contribution in [0.1, 0.15) is 33.6 Å². The molecular weight excluding hydrogens is 280 g/mol. The smallest absolute Gasteiger partial charge is 0.417 e. The predicted molar refractivity (Wildman–Crippen MR) is 73.0 cm³/mol. The number of nitrogens with one attached hydrogen (secondary N) is 1. The fraction of sp³-hybridized carbons (Fsp3) is 0.769. The highest BCUT2D eigenvalue weighted by Gasteiger charge is 2.51. The van der Waals surface area contributed by atoms with Crippen LogP contribution in [0.2, 0.25) is 0 Å². The molecule has 1 spiro atoms. The molecule has 8 nitrogen and oxygen atoms in total. The number of hydrogen-bond donors (Lipinski definition) is 3. The predicted octanol–water partition coefficient (Wildman–Crippen LogP) is 0.515. The number of carbonyl (C=O) groups is 3. The van der Waals surface area contributed by atoms with Gasteiger partial charge in [-0.2, -0.15) is 0 Å². The number of esters is 1. The lowest BCUT2D eigenvalue weighted by molar-refractivity contribution is -0.171. The van der Waals surface area contributed by atoms with Crippen LogP contribution in [0.25, 0.3) is 0 Å². The van der Waals surface area contributed by atoms with Crippen molar-refractivity contribution in [3.63, 3.8) is 0 Å². The average molecular weight is 302 g/mol. The van der Waals surface area contributed by atoms with Gasteiger partial charge in [-0.15, -0.1) is 0 Å². The maximum Gasteiger partial charge on any atom is 0.417 e. The molecule has 2 fully saturated rings. The molecule has 1 aliphatic carbocycles. The third kappa shape index (κ3) is 5.22. The number of amides is 1. The Hall–Kier alpha value is -1.83. The Bertz CT molecular complexity index is 425. The van der Waals surface area contributed by atoms with Crippen LogP contribution in [-0.4, -0.2) is 63.9 Å². The van der Waals surface area contributed by atoms with Crippen molar-refractivity contribution < 1.29 is 29.3 Å². The van der Waals surface area contributed by atoms with Crippen molar-refractivity contribution in [1.82, 2.24) is 10.2 Å². The number of carboxylic acid groups (broad SMARTS) is 2. The highest BCUT2D eigenvalue weighted by atomic mass is 16.6. The molecule has 0 aromatic heterocycles. The first-order valence-corrected chi connectivity index (χ1v) is 6.75. The summed E-state index contributed by atoms with van der Waals surface area (Å²) in [6, 6.07) is 0. The number of piperazine rings is 1. The van der Waals surface area contributed by atoms with Gasteiger partial charge < -0.3 is 25.2 Å². The minimum atomic E-state index is -1.56. The van der Waals surface area contributed by atoms with Crippen molar-refractivity contribution in [2.24, 2.45) is 0 Å². The quantitative estimate of drug-likeness (QED) is 0.441. The van der Waals surface area contributed by atoms with E-state index < -0.39 is 23.6 Å². The second kappa shape index (κ2) is 6.30.